The van der Waals surface area contributed by atoms with Crippen molar-refractivity contribution in [1.82, 2.24) is 5.32 Å². The Morgan fingerprint density at radius 3 is 2.67 bits per heavy atom. The van der Waals surface area contributed by atoms with Crippen LogP contribution in [-0.2, 0) is 0 Å². The number of benzene rings is 1. The summed E-state index contributed by atoms with van der Waals surface area (Å²) in [5.41, 5.74) is 6.70. The van der Waals surface area contributed by atoms with Gasteiger partial charge in [0.05, 0.1) is 10.7 Å². The number of rotatable bonds is 2. The number of amides is 1. The lowest BCUT2D eigenvalue weighted by atomic mass is 9.97. The number of halogens is 1. The second-order valence-corrected chi connectivity index (χ2v) is 5.64. The van der Waals surface area contributed by atoms with Crippen LogP contribution in [0.2, 0.25) is 5.02 Å². The summed E-state index contributed by atoms with van der Waals surface area (Å²) in [5.74, 6) is 1.13. The first-order valence-corrected chi connectivity index (χ1v) is 6.72. The van der Waals surface area contributed by atoms with E-state index in [0.717, 1.165) is 6.42 Å². The van der Waals surface area contributed by atoms with Crippen LogP contribution in [0.4, 0.5) is 5.69 Å². The highest BCUT2D eigenvalue weighted by Gasteiger charge is 2.30. The van der Waals surface area contributed by atoms with Gasteiger partial charge in [-0.25, -0.2) is 0 Å². The highest BCUT2D eigenvalue weighted by molar-refractivity contribution is 6.33. The van der Waals surface area contributed by atoms with Crippen LogP contribution >= 0.6 is 11.6 Å². The Hall–Kier alpha value is -1.22. The van der Waals surface area contributed by atoms with E-state index in [1.165, 1.54) is 6.42 Å². The van der Waals surface area contributed by atoms with Crippen molar-refractivity contribution in [2.24, 2.45) is 11.8 Å². The second kappa shape index (κ2) is 5.19. The second-order valence-electron chi connectivity index (χ2n) is 5.23. The topological polar surface area (TPSA) is 55.1 Å². The van der Waals surface area contributed by atoms with E-state index in [4.69, 9.17) is 17.3 Å². The summed E-state index contributed by atoms with van der Waals surface area (Å²) < 4.78 is 0. The van der Waals surface area contributed by atoms with Crippen LogP contribution in [0.25, 0.3) is 0 Å². The molecule has 0 heterocycles. The van der Waals surface area contributed by atoms with Crippen LogP contribution in [0.15, 0.2) is 18.2 Å². The zero-order valence-corrected chi connectivity index (χ0v) is 11.5. The van der Waals surface area contributed by atoms with E-state index in [1.54, 1.807) is 18.2 Å². The van der Waals surface area contributed by atoms with Crippen molar-refractivity contribution in [3.63, 3.8) is 0 Å². The molecule has 98 valence electrons. The third kappa shape index (κ3) is 2.61. The number of hydrogen-bond acceptors (Lipinski definition) is 2. The van der Waals surface area contributed by atoms with Crippen LogP contribution in [0.5, 0.6) is 0 Å². The zero-order valence-electron chi connectivity index (χ0n) is 10.7. The van der Waals surface area contributed by atoms with E-state index in [9.17, 15) is 4.79 Å². The third-order valence-electron chi connectivity index (χ3n) is 4.04. The molecule has 1 aromatic carbocycles. The Balaban J connectivity index is 2.06. The molecule has 3 nitrogen and oxygen atoms in total. The van der Waals surface area contributed by atoms with Gasteiger partial charge in [-0.2, -0.15) is 0 Å². The van der Waals surface area contributed by atoms with Gasteiger partial charge >= 0.3 is 0 Å². The molecule has 4 heteroatoms. The van der Waals surface area contributed by atoms with Gasteiger partial charge in [-0.15, -0.1) is 0 Å². The minimum atomic E-state index is -0.0668. The van der Waals surface area contributed by atoms with Crippen molar-refractivity contribution < 1.29 is 4.79 Å². The summed E-state index contributed by atoms with van der Waals surface area (Å²) in [6, 6.07) is 5.26. The first-order chi connectivity index (χ1) is 8.49. The Morgan fingerprint density at radius 2 is 2.11 bits per heavy atom. The average Bonchev–Trinajstić information content (AvgIpc) is 2.64. The lowest BCUT2D eigenvalue weighted by molar-refractivity contribution is 0.0927. The Morgan fingerprint density at radius 1 is 1.39 bits per heavy atom. The van der Waals surface area contributed by atoms with E-state index in [0.29, 0.717) is 28.1 Å². The summed E-state index contributed by atoms with van der Waals surface area (Å²) in [4.78, 5) is 12.1. The molecule has 1 aliphatic carbocycles. The molecule has 3 unspecified atom stereocenters. The van der Waals surface area contributed by atoms with Crippen LogP contribution in [0, 0.1) is 11.8 Å². The molecule has 18 heavy (non-hydrogen) atoms. The Labute approximate surface area is 113 Å². The fraction of sp³-hybridized carbons (Fsp3) is 0.500. The van der Waals surface area contributed by atoms with E-state index >= 15 is 0 Å². The summed E-state index contributed by atoms with van der Waals surface area (Å²) in [7, 11) is 0. The molecule has 0 bridgehead atoms. The Bertz CT molecular complexity index is 461. The largest absolute Gasteiger partial charge is 0.398 e. The molecule has 0 radical (unpaired) electrons. The maximum atomic E-state index is 12.1. The molecule has 1 aromatic rings. The van der Waals surface area contributed by atoms with Gasteiger partial charge in [-0.1, -0.05) is 25.4 Å². The highest BCUT2D eigenvalue weighted by Crippen LogP contribution is 2.31. The predicted octanol–water partition coefficient (Wildman–Crippen LogP) is 3.09. The number of hydrogen-bond donors (Lipinski definition) is 2. The number of nitrogens with two attached hydrogens (primary N) is 1. The number of carbonyl (C=O) groups excluding carboxylic acids is 1. The fourth-order valence-corrected chi connectivity index (χ4v) is 2.67. The van der Waals surface area contributed by atoms with E-state index in [-0.39, 0.29) is 11.9 Å². The summed E-state index contributed by atoms with van der Waals surface area (Å²) in [6.45, 7) is 4.43. The maximum Gasteiger partial charge on any atom is 0.251 e. The quantitative estimate of drug-likeness (QED) is 0.809. The SMILES string of the molecule is CC1CCC(NC(=O)c2ccc(N)c(Cl)c2)C1C. The first-order valence-electron chi connectivity index (χ1n) is 6.35. The molecular formula is C14H19ClN2O. The molecule has 1 amide bonds. The first kappa shape index (κ1) is 13.2. The number of carbonyl (C=O) groups is 1. The molecule has 1 fully saturated rings. The van der Waals surface area contributed by atoms with Crippen LogP contribution in [-0.4, -0.2) is 11.9 Å². The smallest absolute Gasteiger partial charge is 0.251 e. The minimum absolute atomic E-state index is 0.0668. The molecule has 1 aliphatic rings. The van der Waals surface area contributed by atoms with Crippen molar-refractivity contribution in [2.75, 3.05) is 5.73 Å². The standard InChI is InChI=1S/C14H19ClN2O/c1-8-3-6-13(9(8)2)17-14(18)10-4-5-12(16)11(15)7-10/h4-5,7-9,13H,3,6,16H2,1-2H3,(H,17,18). The molecule has 0 saturated heterocycles. The molecule has 0 spiro atoms. The predicted molar refractivity (Wildman–Crippen MR) is 74.7 cm³/mol. The lowest BCUT2D eigenvalue weighted by Crippen LogP contribution is -2.37. The summed E-state index contributed by atoms with van der Waals surface area (Å²) in [5, 5.41) is 3.51. The molecule has 2 rings (SSSR count). The van der Waals surface area contributed by atoms with Crippen LogP contribution in [0.3, 0.4) is 0 Å². The summed E-state index contributed by atoms with van der Waals surface area (Å²) >= 11 is 5.92. The van der Waals surface area contributed by atoms with Crippen LogP contribution < -0.4 is 11.1 Å². The van der Waals surface area contributed by atoms with Crippen molar-refractivity contribution in [1.29, 1.82) is 0 Å². The molecule has 3 N–H and O–H groups in total. The molecule has 3 atom stereocenters. The van der Waals surface area contributed by atoms with Crippen molar-refractivity contribution in [3.05, 3.63) is 28.8 Å². The van der Waals surface area contributed by atoms with Crippen LogP contribution in [0.1, 0.15) is 37.0 Å². The number of anilines is 1. The van der Waals surface area contributed by atoms with E-state index < -0.39 is 0 Å². The van der Waals surface area contributed by atoms with Gasteiger partial charge in [0.25, 0.3) is 5.91 Å². The third-order valence-corrected chi connectivity index (χ3v) is 4.37. The van der Waals surface area contributed by atoms with Crippen molar-refractivity contribution in [3.8, 4) is 0 Å². The monoisotopic (exact) mass is 266 g/mol. The number of nitrogens with one attached hydrogen (secondary N) is 1. The van der Waals surface area contributed by atoms with E-state index in [2.05, 4.69) is 19.2 Å². The van der Waals surface area contributed by atoms with Gasteiger partial charge in [0.15, 0.2) is 0 Å². The fourth-order valence-electron chi connectivity index (χ4n) is 2.49. The minimum Gasteiger partial charge on any atom is -0.398 e. The van der Waals surface area contributed by atoms with Gasteiger partial charge < -0.3 is 11.1 Å². The van der Waals surface area contributed by atoms with E-state index in [1.807, 2.05) is 0 Å². The van der Waals surface area contributed by atoms with Gasteiger partial charge in [-0.05, 0) is 42.9 Å². The molecular weight excluding hydrogens is 248 g/mol. The maximum absolute atomic E-state index is 12.1. The normalized spacial score (nSPS) is 27.2. The van der Waals surface area contributed by atoms with Gasteiger partial charge in [0.1, 0.15) is 0 Å². The average molecular weight is 267 g/mol. The van der Waals surface area contributed by atoms with Crippen molar-refractivity contribution in [2.45, 2.75) is 32.7 Å². The Kier molecular flexibility index (Phi) is 3.81. The molecule has 0 aliphatic heterocycles. The zero-order chi connectivity index (χ0) is 13.3. The van der Waals surface area contributed by atoms with Crippen molar-refractivity contribution >= 4 is 23.2 Å². The number of nitrogen functional groups attached to an aromatic ring is 1. The highest BCUT2D eigenvalue weighted by atomic mass is 35.5. The van der Waals surface area contributed by atoms with Gasteiger partial charge in [-0.3, -0.25) is 4.79 Å². The summed E-state index contributed by atoms with van der Waals surface area (Å²) in [6.07, 6.45) is 2.23. The van der Waals surface area contributed by atoms with Gasteiger partial charge in [0.2, 0.25) is 0 Å². The molecule has 1 saturated carbocycles. The lowest BCUT2D eigenvalue weighted by Gasteiger charge is -2.19. The molecule has 0 aromatic heterocycles. The van der Waals surface area contributed by atoms with Gasteiger partial charge in [0, 0.05) is 11.6 Å².